The second-order valence-corrected chi connectivity index (χ2v) is 6.60. The zero-order chi connectivity index (χ0) is 19.5. The molecule has 3 N–H and O–H groups in total. The van der Waals surface area contributed by atoms with Crippen molar-refractivity contribution in [1.82, 2.24) is 15.2 Å². The summed E-state index contributed by atoms with van der Waals surface area (Å²) in [7, 11) is 0. The van der Waals surface area contributed by atoms with Crippen molar-refractivity contribution in [1.29, 1.82) is 0 Å². The summed E-state index contributed by atoms with van der Waals surface area (Å²) >= 11 is 6.07. The number of halogens is 1. The van der Waals surface area contributed by atoms with E-state index in [1.807, 2.05) is 72.8 Å². The highest BCUT2D eigenvalue weighted by Gasteiger charge is 2.26. The first-order chi connectivity index (χ1) is 13.7. The number of benzene rings is 3. The lowest BCUT2D eigenvalue weighted by Crippen LogP contribution is -2.32. The average molecular weight is 389 g/mol. The molecule has 0 aliphatic heterocycles. The Bertz CT molecular complexity index is 1110. The summed E-state index contributed by atoms with van der Waals surface area (Å²) in [4.78, 5) is 12.8. The minimum atomic E-state index is -0.427. The summed E-state index contributed by atoms with van der Waals surface area (Å²) in [6, 6.07) is 26.5. The second-order valence-electron chi connectivity index (χ2n) is 6.17. The summed E-state index contributed by atoms with van der Waals surface area (Å²) in [5.41, 5.74) is 6.47. The van der Waals surface area contributed by atoms with Gasteiger partial charge < -0.3 is 0 Å². The fraction of sp³-hybridized carbons (Fsp3) is 0. The highest BCUT2D eigenvalue weighted by molar-refractivity contribution is 6.30. The number of rotatable bonds is 4. The third-order valence-corrected chi connectivity index (χ3v) is 4.66. The van der Waals surface area contributed by atoms with Crippen LogP contribution in [0.1, 0.15) is 10.5 Å². The number of nitrogens with one attached hydrogen (secondary N) is 1. The van der Waals surface area contributed by atoms with Crippen LogP contribution in [-0.2, 0) is 0 Å². The molecule has 5 nitrogen and oxygen atoms in total. The van der Waals surface area contributed by atoms with Gasteiger partial charge in [-0.3, -0.25) is 10.2 Å². The highest BCUT2D eigenvalue weighted by atomic mass is 35.5. The topological polar surface area (TPSA) is 72.9 Å². The van der Waals surface area contributed by atoms with Crippen LogP contribution in [0.5, 0.6) is 0 Å². The van der Waals surface area contributed by atoms with E-state index < -0.39 is 5.91 Å². The van der Waals surface area contributed by atoms with Crippen molar-refractivity contribution in [2.75, 3.05) is 0 Å². The molecule has 0 bridgehead atoms. The van der Waals surface area contributed by atoms with Gasteiger partial charge in [-0.05, 0) is 29.8 Å². The van der Waals surface area contributed by atoms with Crippen molar-refractivity contribution in [2.45, 2.75) is 0 Å². The first-order valence-corrected chi connectivity index (χ1v) is 9.07. The number of nitrogen functional groups attached to an aromatic ring is 1. The van der Waals surface area contributed by atoms with Crippen LogP contribution >= 0.6 is 11.6 Å². The molecule has 6 heteroatoms. The lowest BCUT2D eigenvalue weighted by Gasteiger charge is -2.09. The molecule has 138 valence electrons. The van der Waals surface area contributed by atoms with Crippen molar-refractivity contribution in [2.24, 2.45) is 5.84 Å². The van der Waals surface area contributed by atoms with Crippen molar-refractivity contribution < 1.29 is 4.79 Å². The van der Waals surface area contributed by atoms with E-state index in [1.54, 1.807) is 16.8 Å². The molecule has 1 aromatic heterocycles. The molecular weight excluding hydrogens is 372 g/mol. The predicted molar refractivity (Wildman–Crippen MR) is 111 cm³/mol. The quantitative estimate of drug-likeness (QED) is 0.308. The Hall–Kier alpha value is -3.41. The molecule has 0 atom stereocenters. The molecule has 1 heterocycles. The van der Waals surface area contributed by atoms with Crippen molar-refractivity contribution in [3.05, 3.63) is 95.6 Å². The predicted octanol–water partition coefficient (Wildman–Crippen LogP) is 4.46. The number of hydrazine groups is 1. The smallest absolute Gasteiger partial charge is 0.284 e. The largest absolute Gasteiger partial charge is 0.289 e. The molecule has 0 saturated carbocycles. The van der Waals surface area contributed by atoms with Crippen LogP contribution in [0.2, 0.25) is 5.02 Å². The molecule has 3 aromatic carbocycles. The molecule has 1 amide bonds. The van der Waals surface area contributed by atoms with Gasteiger partial charge in [0.15, 0.2) is 0 Å². The summed E-state index contributed by atoms with van der Waals surface area (Å²) in [5.74, 6) is 5.08. The number of nitrogens with two attached hydrogens (primary N) is 1. The zero-order valence-electron chi connectivity index (χ0n) is 14.8. The van der Waals surface area contributed by atoms with Gasteiger partial charge in [0.1, 0.15) is 11.4 Å². The van der Waals surface area contributed by atoms with Gasteiger partial charge in [0.2, 0.25) is 0 Å². The Labute approximate surface area is 167 Å². The molecule has 0 spiro atoms. The second kappa shape index (κ2) is 7.68. The number of hydrogen-bond donors (Lipinski definition) is 2. The average Bonchev–Trinajstić information content (AvgIpc) is 3.15. The van der Waals surface area contributed by atoms with Crippen LogP contribution in [0, 0.1) is 0 Å². The maximum atomic E-state index is 12.8. The van der Waals surface area contributed by atoms with E-state index in [1.165, 1.54) is 0 Å². The third-order valence-electron chi connectivity index (χ3n) is 4.41. The van der Waals surface area contributed by atoms with Gasteiger partial charge in [0, 0.05) is 16.1 Å². The Morgan fingerprint density at radius 3 is 2.07 bits per heavy atom. The molecule has 28 heavy (non-hydrogen) atoms. The third kappa shape index (κ3) is 3.29. The fourth-order valence-electron chi connectivity index (χ4n) is 3.14. The maximum absolute atomic E-state index is 12.8. The van der Waals surface area contributed by atoms with E-state index in [9.17, 15) is 4.79 Å². The van der Waals surface area contributed by atoms with E-state index >= 15 is 0 Å². The van der Waals surface area contributed by atoms with Gasteiger partial charge in [0.05, 0.1) is 5.69 Å². The number of carbonyl (C=O) groups is 1. The van der Waals surface area contributed by atoms with Gasteiger partial charge in [-0.2, -0.15) is 5.10 Å². The number of amides is 1. The van der Waals surface area contributed by atoms with Crippen LogP contribution in [0.4, 0.5) is 0 Å². The summed E-state index contributed by atoms with van der Waals surface area (Å²) in [6.45, 7) is 0. The first-order valence-electron chi connectivity index (χ1n) is 8.70. The molecule has 0 aliphatic carbocycles. The van der Waals surface area contributed by atoms with Crippen molar-refractivity contribution in [3.63, 3.8) is 0 Å². The van der Waals surface area contributed by atoms with Crippen LogP contribution in [0.25, 0.3) is 28.1 Å². The monoisotopic (exact) mass is 388 g/mol. The van der Waals surface area contributed by atoms with Gasteiger partial charge in [0.25, 0.3) is 5.91 Å². The van der Waals surface area contributed by atoms with Crippen LogP contribution in [-0.4, -0.2) is 15.7 Å². The number of nitrogens with zero attached hydrogens (tertiary/aromatic N) is 2. The summed E-state index contributed by atoms with van der Waals surface area (Å²) < 4.78 is 1.62. The van der Waals surface area contributed by atoms with Gasteiger partial charge >= 0.3 is 0 Å². The van der Waals surface area contributed by atoms with E-state index in [0.29, 0.717) is 22.0 Å². The van der Waals surface area contributed by atoms with E-state index in [2.05, 4.69) is 5.43 Å². The highest BCUT2D eigenvalue weighted by Crippen LogP contribution is 2.36. The molecule has 0 radical (unpaired) electrons. The maximum Gasteiger partial charge on any atom is 0.284 e. The Balaban J connectivity index is 2.07. The summed E-state index contributed by atoms with van der Waals surface area (Å²) in [5, 5.41) is 5.40. The van der Waals surface area contributed by atoms with Gasteiger partial charge in [-0.1, -0.05) is 72.3 Å². The Morgan fingerprint density at radius 2 is 1.46 bits per heavy atom. The van der Waals surface area contributed by atoms with Crippen LogP contribution < -0.4 is 11.3 Å². The van der Waals surface area contributed by atoms with E-state index in [0.717, 1.165) is 16.8 Å². The molecule has 4 rings (SSSR count). The Morgan fingerprint density at radius 1 is 0.857 bits per heavy atom. The molecule has 0 aliphatic rings. The lowest BCUT2D eigenvalue weighted by molar-refractivity contribution is 0.0946. The number of carbonyl (C=O) groups excluding carboxylic acids is 1. The van der Waals surface area contributed by atoms with Crippen molar-refractivity contribution >= 4 is 17.5 Å². The minimum absolute atomic E-state index is 0.356. The molecular formula is C22H17ClN4O. The number of hydrogen-bond acceptors (Lipinski definition) is 3. The van der Waals surface area contributed by atoms with Crippen LogP contribution in [0.15, 0.2) is 84.9 Å². The fourth-order valence-corrected chi connectivity index (χ4v) is 3.27. The molecule has 0 saturated heterocycles. The standard InChI is InChI=1S/C22H17ClN4O/c23-17-13-11-15(12-14-17)19-20(16-7-3-1-4-8-16)26-27(21(19)22(28)25-24)18-9-5-2-6-10-18/h1-14H,24H2,(H,25,28). The zero-order valence-corrected chi connectivity index (χ0v) is 15.6. The first kappa shape index (κ1) is 18.0. The molecule has 0 fully saturated rings. The minimum Gasteiger partial charge on any atom is -0.289 e. The van der Waals surface area contributed by atoms with E-state index in [-0.39, 0.29) is 0 Å². The SMILES string of the molecule is NNC(=O)c1c(-c2ccc(Cl)cc2)c(-c2ccccc2)nn1-c1ccccc1. The lowest BCUT2D eigenvalue weighted by atomic mass is 9.98. The number of para-hydroxylation sites is 1. The molecule has 4 aromatic rings. The normalized spacial score (nSPS) is 10.6. The van der Waals surface area contributed by atoms with Gasteiger partial charge in [-0.25, -0.2) is 10.5 Å². The van der Waals surface area contributed by atoms with Crippen molar-refractivity contribution in [3.8, 4) is 28.1 Å². The summed E-state index contributed by atoms with van der Waals surface area (Å²) in [6.07, 6.45) is 0. The van der Waals surface area contributed by atoms with Gasteiger partial charge in [-0.15, -0.1) is 0 Å². The Kier molecular flexibility index (Phi) is 4.93. The van der Waals surface area contributed by atoms with Crippen LogP contribution in [0.3, 0.4) is 0 Å². The van der Waals surface area contributed by atoms with E-state index in [4.69, 9.17) is 22.5 Å². The number of aromatic nitrogens is 2. The molecule has 0 unspecified atom stereocenters.